The van der Waals surface area contributed by atoms with Crippen molar-refractivity contribution in [1.82, 2.24) is 4.90 Å². The summed E-state index contributed by atoms with van der Waals surface area (Å²) in [7, 11) is 4.13. The van der Waals surface area contributed by atoms with Crippen LogP contribution in [0.15, 0.2) is 24.3 Å². The van der Waals surface area contributed by atoms with Gasteiger partial charge in [-0.2, -0.15) is 0 Å². The molecular formula is C14H21NO. The molecule has 0 heterocycles. The van der Waals surface area contributed by atoms with E-state index in [-0.39, 0.29) is 5.78 Å². The van der Waals surface area contributed by atoms with Crippen molar-refractivity contribution in [2.24, 2.45) is 0 Å². The lowest BCUT2D eigenvalue weighted by Gasteiger charge is -2.26. The Hall–Kier alpha value is -1.15. The Kier molecular flexibility index (Phi) is 4.69. The van der Waals surface area contributed by atoms with Crippen LogP contribution in [0.4, 0.5) is 0 Å². The molecule has 1 rings (SSSR count). The number of nitrogens with zero attached hydrogens (tertiary/aromatic N) is 1. The number of carbonyl (C=O) groups excluding carboxylic acids is 1. The largest absolute Gasteiger partial charge is 0.302 e. The molecule has 0 aromatic heterocycles. The first-order chi connectivity index (χ1) is 7.52. The van der Waals surface area contributed by atoms with Gasteiger partial charge in [-0.05, 0) is 45.5 Å². The predicted octanol–water partition coefficient (Wildman–Crippen LogP) is 2.97. The van der Waals surface area contributed by atoms with Gasteiger partial charge in [0.1, 0.15) is 5.78 Å². The number of hydrogen-bond acceptors (Lipinski definition) is 2. The molecule has 16 heavy (non-hydrogen) atoms. The minimum atomic E-state index is 0.264. The number of ketones is 1. The van der Waals surface area contributed by atoms with Crippen molar-refractivity contribution in [3.63, 3.8) is 0 Å². The Morgan fingerprint density at radius 2 is 1.94 bits per heavy atom. The van der Waals surface area contributed by atoms with E-state index in [1.54, 1.807) is 6.92 Å². The average Bonchev–Trinajstić information content (AvgIpc) is 2.20. The molecule has 0 radical (unpaired) electrons. The summed E-state index contributed by atoms with van der Waals surface area (Å²) in [5, 5.41) is 0. The Bertz CT molecular complexity index is 358. The minimum Gasteiger partial charge on any atom is -0.302 e. The molecular weight excluding hydrogens is 198 g/mol. The third kappa shape index (κ3) is 3.46. The van der Waals surface area contributed by atoms with E-state index in [0.717, 1.165) is 6.42 Å². The lowest BCUT2D eigenvalue weighted by atomic mass is 9.96. The van der Waals surface area contributed by atoms with Crippen LogP contribution in [0.2, 0.25) is 0 Å². The average molecular weight is 219 g/mol. The van der Waals surface area contributed by atoms with Crippen molar-refractivity contribution < 1.29 is 4.79 Å². The monoisotopic (exact) mass is 219 g/mol. The van der Waals surface area contributed by atoms with E-state index in [0.29, 0.717) is 12.5 Å². The molecule has 0 fully saturated rings. The van der Waals surface area contributed by atoms with Crippen LogP contribution in [0.3, 0.4) is 0 Å². The van der Waals surface area contributed by atoms with Crippen LogP contribution in [-0.2, 0) is 4.79 Å². The molecule has 1 unspecified atom stereocenters. The highest BCUT2D eigenvalue weighted by Crippen LogP contribution is 2.26. The number of carbonyl (C=O) groups is 1. The third-order valence-electron chi connectivity index (χ3n) is 2.94. The molecule has 0 saturated heterocycles. The summed E-state index contributed by atoms with van der Waals surface area (Å²) in [5.41, 5.74) is 2.62. The van der Waals surface area contributed by atoms with Gasteiger partial charge in [0.25, 0.3) is 0 Å². The predicted molar refractivity (Wildman–Crippen MR) is 67.5 cm³/mol. The quantitative estimate of drug-likeness (QED) is 0.759. The second-order valence-corrected chi connectivity index (χ2v) is 4.58. The number of aryl methyl sites for hydroxylation is 1. The van der Waals surface area contributed by atoms with Crippen LogP contribution in [0.1, 0.15) is 36.9 Å². The van der Waals surface area contributed by atoms with E-state index in [4.69, 9.17) is 0 Å². The number of rotatable bonds is 5. The third-order valence-corrected chi connectivity index (χ3v) is 2.94. The van der Waals surface area contributed by atoms with Crippen molar-refractivity contribution >= 4 is 5.78 Å². The Labute approximate surface area is 98.3 Å². The standard InChI is InChI=1S/C14H21NO/c1-11-7-5-6-8-13(11)14(15(3)4)10-9-12(2)16/h5-8,14H,9-10H2,1-4H3. The highest BCUT2D eigenvalue weighted by atomic mass is 16.1. The van der Waals surface area contributed by atoms with Crippen molar-refractivity contribution in [3.05, 3.63) is 35.4 Å². The van der Waals surface area contributed by atoms with Crippen molar-refractivity contribution in [1.29, 1.82) is 0 Å². The minimum absolute atomic E-state index is 0.264. The molecule has 0 aliphatic heterocycles. The summed E-state index contributed by atoms with van der Waals surface area (Å²) in [6.07, 6.45) is 1.55. The maximum atomic E-state index is 11.1. The van der Waals surface area contributed by atoms with E-state index in [2.05, 4.69) is 50.2 Å². The van der Waals surface area contributed by atoms with Crippen LogP contribution in [0.25, 0.3) is 0 Å². The molecule has 88 valence electrons. The number of Topliss-reactive ketones (excluding diaryl/α,β-unsaturated/α-hetero) is 1. The van der Waals surface area contributed by atoms with Gasteiger partial charge in [0.2, 0.25) is 0 Å². The summed E-state index contributed by atoms with van der Waals surface area (Å²) >= 11 is 0. The summed E-state index contributed by atoms with van der Waals surface area (Å²) in [6, 6.07) is 8.73. The first-order valence-corrected chi connectivity index (χ1v) is 5.73. The van der Waals surface area contributed by atoms with Crippen LogP contribution < -0.4 is 0 Å². The molecule has 1 atom stereocenters. The Morgan fingerprint density at radius 3 is 2.44 bits per heavy atom. The van der Waals surface area contributed by atoms with Crippen LogP contribution in [-0.4, -0.2) is 24.8 Å². The molecule has 2 nitrogen and oxygen atoms in total. The Morgan fingerprint density at radius 1 is 1.31 bits per heavy atom. The molecule has 1 aromatic rings. The first-order valence-electron chi connectivity index (χ1n) is 5.73. The smallest absolute Gasteiger partial charge is 0.129 e. The van der Waals surface area contributed by atoms with Gasteiger partial charge in [0.05, 0.1) is 0 Å². The molecule has 1 aromatic carbocycles. The second kappa shape index (κ2) is 5.80. The highest BCUT2D eigenvalue weighted by Gasteiger charge is 2.16. The molecule has 0 spiro atoms. The molecule has 2 heteroatoms. The molecule has 0 saturated carbocycles. The fourth-order valence-electron chi connectivity index (χ4n) is 1.99. The van der Waals surface area contributed by atoms with E-state index >= 15 is 0 Å². The number of benzene rings is 1. The number of hydrogen-bond donors (Lipinski definition) is 0. The van der Waals surface area contributed by atoms with Crippen LogP contribution in [0.5, 0.6) is 0 Å². The van der Waals surface area contributed by atoms with E-state index in [9.17, 15) is 4.79 Å². The van der Waals surface area contributed by atoms with Crippen molar-refractivity contribution in [2.75, 3.05) is 14.1 Å². The van der Waals surface area contributed by atoms with Crippen LogP contribution >= 0.6 is 0 Å². The van der Waals surface area contributed by atoms with Crippen molar-refractivity contribution in [2.45, 2.75) is 32.7 Å². The Balaban J connectivity index is 2.85. The van der Waals surface area contributed by atoms with E-state index in [1.807, 2.05) is 0 Å². The summed E-state index contributed by atoms with van der Waals surface area (Å²) in [6.45, 7) is 3.78. The van der Waals surface area contributed by atoms with Gasteiger partial charge in [-0.25, -0.2) is 0 Å². The molecule has 0 aliphatic rings. The van der Waals surface area contributed by atoms with Gasteiger partial charge >= 0.3 is 0 Å². The highest BCUT2D eigenvalue weighted by molar-refractivity contribution is 5.75. The molecule has 0 N–H and O–H groups in total. The zero-order valence-corrected chi connectivity index (χ0v) is 10.7. The summed E-state index contributed by atoms with van der Waals surface area (Å²) < 4.78 is 0. The van der Waals surface area contributed by atoms with Gasteiger partial charge < -0.3 is 9.69 Å². The van der Waals surface area contributed by atoms with Crippen LogP contribution in [0, 0.1) is 6.92 Å². The summed E-state index contributed by atoms with van der Waals surface area (Å²) in [5.74, 6) is 0.264. The normalized spacial score (nSPS) is 12.8. The molecule has 0 bridgehead atoms. The zero-order valence-electron chi connectivity index (χ0n) is 10.7. The van der Waals surface area contributed by atoms with Gasteiger partial charge in [-0.15, -0.1) is 0 Å². The van der Waals surface area contributed by atoms with E-state index in [1.165, 1.54) is 11.1 Å². The summed E-state index contributed by atoms with van der Waals surface area (Å²) in [4.78, 5) is 13.3. The van der Waals surface area contributed by atoms with Gasteiger partial charge in [-0.3, -0.25) is 0 Å². The zero-order chi connectivity index (χ0) is 12.1. The fraction of sp³-hybridized carbons (Fsp3) is 0.500. The van der Waals surface area contributed by atoms with Gasteiger partial charge in [0.15, 0.2) is 0 Å². The lowest BCUT2D eigenvalue weighted by molar-refractivity contribution is -0.117. The van der Waals surface area contributed by atoms with Gasteiger partial charge in [-0.1, -0.05) is 24.3 Å². The molecule has 0 amide bonds. The maximum Gasteiger partial charge on any atom is 0.129 e. The SMILES string of the molecule is CC(=O)CCC(c1ccccc1C)N(C)C. The van der Waals surface area contributed by atoms with E-state index < -0.39 is 0 Å². The lowest BCUT2D eigenvalue weighted by Crippen LogP contribution is -2.21. The first kappa shape index (κ1) is 12.9. The maximum absolute atomic E-state index is 11.1. The topological polar surface area (TPSA) is 20.3 Å². The fourth-order valence-corrected chi connectivity index (χ4v) is 1.99. The second-order valence-electron chi connectivity index (χ2n) is 4.58. The van der Waals surface area contributed by atoms with Gasteiger partial charge in [0, 0.05) is 12.5 Å². The molecule has 0 aliphatic carbocycles. The van der Waals surface area contributed by atoms with Crippen molar-refractivity contribution in [3.8, 4) is 0 Å².